The van der Waals surface area contributed by atoms with Crippen LogP contribution in [0.4, 0.5) is 5.13 Å². The van der Waals surface area contributed by atoms with Crippen LogP contribution in [0.2, 0.25) is 0 Å². The van der Waals surface area contributed by atoms with Crippen LogP contribution in [-0.4, -0.2) is 16.2 Å². The molecule has 3 nitrogen and oxygen atoms in total. The highest BCUT2D eigenvalue weighted by Crippen LogP contribution is 2.38. The van der Waals surface area contributed by atoms with Crippen LogP contribution in [0, 0.1) is 5.41 Å². The summed E-state index contributed by atoms with van der Waals surface area (Å²) in [6.45, 7) is 4.65. The third kappa shape index (κ3) is 2.45. The standard InChI is InChI=1S/C9H14BrN3S/c1-9(2)4-3-6(5-9)11-8-13-12-7(10)14-8/h6H,3-5H2,1-2H3,(H,11,13). The van der Waals surface area contributed by atoms with E-state index in [1.807, 2.05) is 0 Å². The molecular weight excluding hydrogens is 262 g/mol. The van der Waals surface area contributed by atoms with Crippen LogP contribution in [0.5, 0.6) is 0 Å². The molecule has 0 radical (unpaired) electrons. The van der Waals surface area contributed by atoms with Gasteiger partial charge in [-0.05, 0) is 40.6 Å². The molecule has 0 bridgehead atoms. The summed E-state index contributed by atoms with van der Waals surface area (Å²) >= 11 is 4.87. The van der Waals surface area contributed by atoms with Crippen molar-refractivity contribution in [3.63, 3.8) is 0 Å². The summed E-state index contributed by atoms with van der Waals surface area (Å²) in [5.74, 6) is 0. The van der Waals surface area contributed by atoms with E-state index >= 15 is 0 Å². The third-order valence-electron chi connectivity index (χ3n) is 2.70. The number of anilines is 1. The van der Waals surface area contributed by atoms with E-state index in [4.69, 9.17) is 0 Å². The van der Waals surface area contributed by atoms with Gasteiger partial charge >= 0.3 is 0 Å². The highest BCUT2D eigenvalue weighted by atomic mass is 79.9. The molecule has 1 aliphatic rings. The molecule has 2 rings (SSSR count). The van der Waals surface area contributed by atoms with E-state index in [2.05, 4.69) is 45.3 Å². The maximum atomic E-state index is 4.04. The minimum Gasteiger partial charge on any atom is -0.357 e. The van der Waals surface area contributed by atoms with Gasteiger partial charge in [0.1, 0.15) is 0 Å². The van der Waals surface area contributed by atoms with Gasteiger partial charge in [-0.25, -0.2) is 0 Å². The van der Waals surface area contributed by atoms with E-state index in [0.717, 1.165) is 9.05 Å². The Morgan fingerprint density at radius 1 is 1.50 bits per heavy atom. The van der Waals surface area contributed by atoms with Gasteiger partial charge in [-0.15, -0.1) is 10.2 Å². The van der Waals surface area contributed by atoms with Crippen LogP contribution < -0.4 is 5.32 Å². The smallest absolute Gasteiger partial charge is 0.206 e. The van der Waals surface area contributed by atoms with Gasteiger partial charge in [-0.1, -0.05) is 25.2 Å². The van der Waals surface area contributed by atoms with Crippen molar-refractivity contribution in [1.29, 1.82) is 0 Å². The van der Waals surface area contributed by atoms with Crippen LogP contribution in [0.25, 0.3) is 0 Å². The average molecular weight is 276 g/mol. The molecule has 5 heteroatoms. The lowest BCUT2D eigenvalue weighted by atomic mass is 9.92. The summed E-state index contributed by atoms with van der Waals surface area (Å²) in [7, 11) is 0. The lowest BCUT2D eigenvalue weighted by Crippen LogP contribution is -2.17. The number of nitrogens with zero attached hydrogens (tertiary/aromatic N) is 2. The lowest BCUT2D eigenvalue weighted by molar-refractivity contribution is 0.378. The fraction of sp³-hybridized carbons (Fsp3) is 0.778. The Labute approximate surface area is 96.4 Å². The molecule has 78 valence electrons. The molecule has 1 saturated carbocycles. The van der Waals surface area contributed by atoms with E-state index in [9.17, 15) is 0 Å². The highest BCUT2D eigenvalue weighted by molar-refractivity contribution is 9.11. The number of aromatic nitrogens is 2. The Morgan fingerprint density at radius 3 is 2.79 bits per heavy atom. The van der Waals surface area contributed by atoms with Crippen molar-refractivity contribution in [3.05, 3.63) is 3.92 Å². The Balaban J connectivity index is 1.94. The molecule has 0 aliphatic heterocycles. The second-order valence-corrected chi connectivity index (χ2v) is 6.86. The molecule has 1 heterocycles. The zero-order chi connectivity index (χ0) is 10.2. The Kier molecular flexibility index (Phi) is 2.79. The monoisotopic (exact) mass is 275 g/mol. The average Bonchev–Trinajstić information content (AvgIpc) is 2.59. The molecule has 0 aromatic carbocycles. The van der Waals surface area contributed by atoms with Crippen molar-refractivity contribution in [1.82, 2.24) is 10.2 Å². The van der Waals surface area contributed by atoms with Gasteiger partial charge in [-0.3, -0.25) is 0 Å². The predicted octanol–water partition coefficient (Wildman–Crippen LogP) is 3.29. The molecule has 1 fully saturated rings. The first-order valence-corrected chi connectivity index (χ1v) is 6.42. The molecule has 1 aromatic heterocycles. The van der Waals surface area contributed by atoms with Crippen LogP contribution in [0.15, 0.2) is 3.92 Å². The van der Waals surface area contributed by atoms with Gasteiger partial charge in [0.15, 0.2) is 3.92 Å². The van der Waals surface area contributed by atoms with Crippen molar-refractivity contribution in [2.24, 2.45) is 5.41 Å². The number of rotatable bonds is 2. The van der Waals surface area contributed by atoms with E-state index in [1.165, 1.54) is 19.3 Å². The quantitative estimate of drug-likeness (QED) is 0.900. The van der Waals surface area contributed by atoms with Gasteiger partial charge < -0.3 is 5.32 Å². The van der Waals surface area contributed by atoms with Crippen molar-refractivity contribution >= 4 is 32.4 Å². The minimum absolute atomic E-state index is 0.486. The van der Waals surface area contributed by atoms with Crippen LogP contribution in [0.1, 0.15) is 33.1 Å². The van der Waals surface area contributed by atoms with Crippen LogP contribution in [-0.2, 0) is 0 Å². The minimum atomic E-state index is 0.486. The van der Waals surface area contributed by atoms with Gasteiger partial charge in [0.25, 0.3) is 0 Å². The van der Waals surface area contributed by atoms with Gasteiger partial charge in [0, 0.05) is 6.04 Å². The number of nitrogens with one attached hydrogen (secondary N) is 1. The summed E-state index contributed by atoms with van der Waals surface area (Å²) < 4.78 is 0.845. The fourth-order valence-corrected chi connectivity index (χ4v) is 3.09. The zero-order valence-corrected chi connectivity index (χ0v) is 10.8. The molecule has 14 heavy (non-hydrogen) atoms. The van der Waals surface area contributed by atoms with E-state index < -0.39 is 0 Å². The number of halogens is 1. The van der Waals surface area contributed by atoms with Crippen molar-refractivity contribution < 1.29 is 0 Å². The second kappa shape index (κ2) is 3.77. The van der Waals surface area contributed by atoms with Crippen LogP contribution in [0.3, 0.4) is 0 Å². The van der Waals surface area contributed by atoms with Crippen molar-refractivity contribution in [3.8, 4) is 0 Å². The predicted molar refractivity (Wildman–Crippen MR) is 62.7 cm³/mol. The lowest BCUT2D eigenvalue weighted by Gasteiger charge is -2.17. The number of hydrogen-bond donors (Lipinski definition) is 1. The largest absolute Gasteiger partial charge is 0.357 e. The first-order chi connectivity index (χ1) is 6.55. The van der Waals surface area contributed by atoms with E-state index in [-0.39, 0.29) is 0 Å². The fourth-order valence-electron chi connectivity index (χ4n) is 2.00. The highest BCUT2D eigenvalue weighted by Gasteiger charge is 2.31. The molecule has 1 atom stereocenters. The summed E-state index contributed by atoms with van der Waals surface area (Å²) in [4.78, 5) is 0. The molecule has 0 amide bonds. The maximum Gasteiger partial charge on any atom is 0.206 e. The molecule has 1 aromatic rings. The van der Waals surface area contributed by atoms with Crippen molar-refractivity contribution in [2.75, 3.05) is 5.32 Å². The molecule has 0 spiro atoms. The van der Waals surface area contributed by atoms with E-state index in [0.29, 0.717) is 11.5 Å². The first-order valence-electron chi connectivity index (χ1n) is 4.81. The van der Waals surface area contributed by atoms with E-state index in [1.54, 1.807) is 11.3 Å². The number of hydrogen-bond acceptors (Lipinski definition) is 4. The first kappa shape index (κ1) is 10.4. The molecule has 1 aliphatic carbocycles. The summed E-state index contributed by atoms with van der Waals surface area (Å²) in [5, 5.41) is 12.3. The normalized spacial score (nSPS) is 25.2. The topological polar surface area (TPSA) is 37.8 Å². The maximum absolute atomic E-state index is 4.04. The van der Waals surface area contributed by atoms with Gasteiger partial charge in [0.2, 0.25) is 5.13 Å². The second-order valence-electron chi connectivity index (χ2n) is 4.61. The molecular formula is C9H14BrN3S. The Bertz CT molecular complexity index is 324. The summed E-state index contributed by atoms with van der Waals surface area (Å²) in [5.41, 5.74) is 0.486. The molecule has 1 unspecified atom stereocenters. The zero-order valence-electron chi connectivity index (χ0n) is 8.38. The molecule has 1 N–H and O–H groups in total. The van der Waals surface area contributed by atoms with Gasteiger partial charge in [0.05, 0.1) is 0 Å². The Hall–Kier alpha value is -0.160. The molecule has 0 saturated heterocycles. The van der Waals surface area contributed by atoms with Gasteiger partial charge in [-0.2, -0.15) is 0 Å². The van der Waals surface area contributed by atoms with Crippen molar-refractivity contribution in [2.45, 2.75) is 39.2 Å². The Morgan fingerprint density at radius 2 is 2.29 bits per heavy atom. The SMILES string of the molecule is CC1(C)CCC(Nc2nnc(Br)s2)C1. The summed E-state index contributed by atoms with van der Waals surface area (Å²) in [6, 6.07) is 0.574. The van der Waals surface area contributed by atoms with Crippen LogP contribution >= 0.6 is 27.3 Å². The third-order valence-corrected chi connectivity index (χ3v) is 3.98. The summed E-state index contributed by atoms with van der Waals surface area (Å²) in [6.07, 6.45) is 3.76.